The number of nitrogens with zero attached hydrogens (tertiary/aromatic N) is 1. The number of hydrogen-bond acceptors (Lipinski definition) is 4. The molecule has 1 heterocycles. The Bertz CT molecular complexity index is 1050. The van der Waals surface area contributed by atoms with E-state index >= 15 is 0 Å². The van der Waals surface area contributed by atoms with Gasteiger partial charge in [0.05, 0.1) is 18.5 Å². The first kappa shape index (κ1) is 23.1. The summed E-state index contributed by atoms with van der Waals surface area (Å²) in [4.78, 5) is 24.7. The summed E-state index contributed by atoms with van der Waals surface area (Å²) >= 11 is 0. The second-order valence-electron chi connectivity index (χ2n) is 8.39. The van der Waals surface area contributed by atoms with Crippen LogP contribution in [0.25, 0.3) is 0 Å². The lowest BCUT2D eigenvalue weighted by molar-refractivity contribution is -0.138. The van der Waals surface area contributed by atoms with Crippen LogP contribution >= 0.6 is 0 Å². The molecule has 0 bridgehead atoms. The maximum absolute atomic E-state index is 13.3. The van der Waals surface area contributed by atoms with E-state index in [0.717, 1.165) is 30.2 Å². The molecule has 9 heteroatoms. The molecule has 0 unspecified atom stereocenters. The van der Waals surface area contributed by atoms with Gasteiger partial charge in [-0.15, -0.1) is 0 Å². The molecule has 2 aromatic carbocycles. The van der Waals surface area contributed by atoms with Gasteiger partial charge in [-0.1, -0.05) is 12.1 Å². The molecule has 1 fully saturated rings. The number of halogens is 3. The molecule has 1 amide bonds. The van der Waals surface area contributed by atoms with Crippen molar-refractivity contribution in [3.63, 3.8) is 0 Å². The van der Waals surface area contributed by atoms with Crippen LogP contribution < -0.4 is 15.0 Å². The van der Waals surface area contributed by atoms with Gasteiger partial charge in [0.2, 0.25) is 5.91 Å². The first-order valence-corrected chi connectivity index (χ1v) is 10.9. The molecular weight excluding hydrogens is 437 g/mol. The maximum atomic E-state index is 13.3. The maximum Gasteiger partial charge on any atom is 0.416 e. The normalized spacial score (nSPS) is 15.4. The number of nitrogens with one attached hydrogen (secondary N) is 1. The fourth-order valence-corrected chi connectivity index (χ4v) is 4.07. The number of carbonyl (C=O) groups excluding carboxylic acids is 1. The van der Waals surface area contributed by atoms with Gasteiger partial charge in [0.1, 0.15) is 12.4 Å². The molecule has 1 saturated carbocycles. The van der Waals surface area contributed by atoms with E-state index in [1.807, 2.05) is 6.07 Å². The van der Waals surface area contributed by atoms with Crippen LogP contribution in [-0.4, -0.2) is 36.6 Å². The van der Waals surface area contributed by atoms with Crippen LogP contribution in [0.15, 0.2) is 36.4 Å². The Morgan fingerprint density at radius 2 is 1.94 bits per heavy atom. The lowest BCUT2D eigenvalue weighted by Gasteiger charge is -2.18. The Labute approximate surface area is 189 Å². The summed E-state index contributed by atoms with van der Waals surface area (Å²) in [6.07, 6.45) is -2.18. The van der Waals surface area contributed by atoms with E-state index in [1.165, 1.54) is 6.07 Å². The number of carboxylic acids is 1. The van der Waals surface area contributed by atoms with Gasteiger partial charge in [-0.2, -0.15) is 13.2 Å². The molecule has 0 atom stereocenters. The predicted molar refractivity (Wildman–Crippen MR) is 115 cm³/mol. The van der Waals surface area contributed by atoms with E-state index < -0.39 is 17.7 Å². The molecule has 4 rings (SSSR count). The van der Waals surface area contributed by atoms with Crippen LogP contribution in [0.1, 0.15) is 47.4 Å². The van der Waals surface area contributed by atoms with Crippen molar-refractivity contribution in [1.29, 1.82) is 0 Å². The third kappa shape index (κ3) is 5.65. The molecule has 1 aliphatic carbocycles. The number of ether oxygens (including phenoxy) is 1. The van der Waals surface area contributed by atoms with Crippen LogP contribution in [0.3, 0.4) is 0 Å². The van der Waals surface area contributed by atoms with Gasteiger partial charge in [-0.25, -0.2) is 0 Å². The first-order valence-electron chi connectivity index (χ1n) is 10.9. The molecule has 33 heavy (non-hydrogen) atoms. The SMILES string of the molecule is O=C(O)CCNCC(=O)N1CCc2cc(OCc3ccc(C(F)(F)F)c(C4CC4)c3)ccc21. The predicted octanol–water partition coefficient (Wildman–Crippen LogP) is 4.12. The Balaban J connectivity index is 1.37. The number of anilines is 1. The standard InChI is InChI=1S/C24H25F3N2O4/c25-24(26,27)20-5-1-15(11-19(20)16-2-3-16)14-33-18-4-6-21-17(12-18)8-10-29(21)22(30)13-28-9-7-23(31)32/h1,4-6,11-12,16,28H,2-3,7-10,13-14H2,(H,31,32). The van der Waals surface area contributed by atoms with Crippen molar-refractivity contribution < 1.29 is 32.6 Å². The molecule has 0 spiro atoms. The van der Waals surface area contributed by atoms with Crippen LogP contribution in [0.2, 0.25) is 0 Å². The monoisotopic (exact) mass is 462 g/mol. The lowest BCUT2D eigenvalue weighted by atomic mass is 10.00. The Morgan fingerprint density at radius 3 is 2.64 bits per heavy atom. The molecule has 2 aliphatic rings. The molecule has 6 nitrogen and oxygen atoms in total. The van der Waals surface area contributed by atoms with Crippen LogP contribution in [-0.2, 0) is 28.8 Å². The van der Waals surface area contributed by atoms with E-state index in [-0.39, 0.29) is 37.9 Å². The lowest BCUT2D eigenvalue weighted by Crippen LogP contribution is -2.37. The average Bonchev–Trinajstić information content (AvgIpc) is 3.53. The number of carboxylic acid groups (broad SMARTS) is 1. The van der Waals surface area contributed by atoms with Crippen molar-refractivity contribution >= 4 is 17.6 Å². The minimum absolute atomic E-state index is 0.0243. The summed E-state index contributed by atoms with van der Waals surface area (Å²) in [7, 11) is 0. The van der Waals surface area contributed by atoms with Crippen molar-refractivity contribution in [3.8, 4) is 5.75 Å². The Morgan fingerprint density at radius 1 is 1.15 bits per heavy atom. The number of benzene rings is 2. The van der Waals surface area contributed by atoms with Gasteiger partial charge in [-0.05, 0) is 66.1 Å². The quantitative estimate of drug-likeness (QED) is 0.549. The second kappa shape index (κ2) is 9.43. The molecule has 0 saturated heterocycles. The van der Waals surface area contributed by atoms with Crippen molar-refractivity contribution in [2.45, 2.75) is 44.4 Å². The van der Waals surface area contributed by atoms with Crippen LogP contribution in [0, 0.1) is 0 Å². The first-order chi connectivity index (χ1) is 15.7. The molecular formula is C24H25F3N2O4. The van der Waals surface area contributed by atoms with E-state index in [0.29, 0.717) is 29.8 Å². The van der Waals surface area contributed by atoms with E-state index in [4.69, 9.17) is 9.84 Å². The number of rotatable bonds is 9. The summed E-state index contributed by atoms with van der Waals surface area (Å²) in [5.41, 5.74) is 2.22. The van der Waals surface area contributed by atoms with Gasteiger partial charge in [0.25, 0.3) is 0 Å². The number of aliphatic carboxylic acids is 1. The van der Waals surface area contributed by atoms with Crippen molar-refractivity contribution in [3.05, 3.63) is 58.7 Å². The molecule has 176 valence electrons. The summed E-state index contributed by atoms with van der Waals surface area (Å²) in [5, 5.41) is 11.5. The molecule has 1 aliphatic heterocycles. The highest BCUT2D eigenvalue weighted by atomic mass is 19.4. The third-order valence-corrected chi connectivity index (χ3v) is 5.88. The van der Waals surface area contributed by atoms with Gasteiger partial charge in [0.15, 0.2) is 0 Å². The second-order valence-corrected chi connectivity index (χ2v) is 8.39. The number of carbonyl (C=O) groups is 2. The summed E-state index contributed by atoms with van der Waals surface area (Å²) in [6, 6.07) is 9.60. The highest BCUT2D eigenvalue weighted by Gasteiger charge is 2.38. The minimum atomic E-state index is -4.35. The summed E-state index contributed by atoms with van der Waals surface area (Å²) in [6.45, 7) is 0.970. The number of amides is 1. The zero-order valence-corrected chi connectivity index (χ0v) is 18.0. The fraction of sp³-hybridized carbons (Fsp3) is 0.417. The third-order valence-electron chi connectivity index (χ3n) is 5.88. The Kier molecular flexibility index (Phi) is 6.60. The minimum Gasteiger partial charge on any atom is -0.489 e. The highest BCUT2D eigenvalue weighted by molar-refractivity contribution is 5.96. The zero-order valence-electron chi connectivity index (χ0n) is 18.0. The van der Waals surface area contributed by atoms with Crippen molar-refractivity contribution in [1.82, 2.24) is 5.32 Å². The van der Waals surface area contributed by atoms with Crippen LogP contribution in [0.4, 0.5) is 18.9 Å². The summed E-state index contributed by atoms with van der Waals surface area (Å²) in [5.74, 6) is -0.488. The number of hydrogen-bond donors (Lipinski definition) is 2. The van der Waals surface area contributed by atoms with Gasteiger partial charge < -0.3 is 20.1 Å². The topological polar surface area (TPSA) is 78.9 Å². The molecule has 2 aromatic rings. The molecule has 0 radical (unpaired) electrons. The van der Waals surface area contributed by atoms with E-state index in [2.05, 4.69) is 5.32 Å². The molecule has 2 N–H and O–H groups in total. The smallest absolute Gasteiger partial charge is 0.416 e. The average molecular weight is 462 g/mol. The number of fused-ring (bicyclic) bond motifs is 1. The number of alkyl halides is 3. The Hall–Kier alpha value is -3.07. The van der Waals surface area contributed by atoms with Crippen molar-refractivity contribution in [2.24, 2.45) is 0 Å². The van der Waals surface area contributed by atoms with E-state index in [1.54, 1.807) is 23.1 Å². The fourth-order valence-electron chi connectivity index (χ4n) is 4.07. The van der Waals surface area contributed by atoms with Crippen molar-refractivity contribution in [2.75, 3.05) is 24.5 Å². The van der Waals surface area contributed by atoms with Gasteiger partial charge >= 0.3 is 12.1 Å². The van der Waals surface area contributed by atoms with E-state index in [9.17, 15) is 22.8 Å². The molecule has 0 aromatic heterocycles. The van der Waals surface area contributed by atoms with Gasteiger partial charge in [0, 0.05) is 18.8 Å². The highest BCUT2D eigenvalue weighted by Crippen LogP contribution is 2.46. The van der Waals surface area contributed by atoms with Crippen LogP contribution in [0.5, 0.6) is 5.75 Å². The van der Waals surface area contributed by atoms with Gasteiger partial charge in [-0.3, -0.25) is 9.59 Å². The zero-order chi connectivity index (χ0) is 23.6. The summed E-state index contributed by atoms with van der Waals surface area (Å²) < 4.78 is 45.6. The largest absolute Gasteiger partial charge is 0.489 e.